The van der Waals surface area contributed by atoms with Gasteiger partial charge < -0.3 is 0 Å². The predicted octanol–water partition coefficient (Wildman–Crippen LogP) is 2.77. The van der Waals surface area contributed by atoms with Crippen LogP contribution in [0.3, 0.4) is 0 Å². The van der Waals surface area contributed by atoms with Crippen molar-refractivity contribution in [2.45, 2.75) is 11.6 Å². The topological polar surface area (TPSA) is 72.3 Å². The summed E-state index contributed by atoms with van der Waals surface area (Å²) in [5.41, 5.74) is 0.883. The number of hydrogen-bond acceptors (Lipinski definition) is 6. The number of benzene rings is 1. The molecule has 2 amide bonds. The zero-order valence-corrected chi connectivity index (χ0v) is 15.6. The summed E-state index contributed by atoms with van der Waals surface area (Å²) >= 11 is 2.90. The molecule has 8 heteroatoms. The third-order valence-corrected chi connectivity index (χ3v) is 6.22. The fraction of sp³-hybridized carbons (Fsp3) is 0.222. The van der Waals surface area contributed by atoms with Crippen molar-refractivity contribution in [1.82, 2.24) is 14.5 Å². The van der Waals surface area contributed by atoms with Crippen molar-refractivity contribution in [1.29, 1.82) is 0 Å². The van der Waals surface area contributed by atoms with Gasteiger partial charge in [0.05, 0.1) is 16.5 Å². The Morgan fingerprint density at radius 2 is 1.77 bits per heavy atom. The van der Waals surface area contributed by atoms with E-state index in [-0.39, 0.29) is 17.4 Å². The first kappa shape index (κ1) is 17.0. The van der Waals surface area contributed by atoms with Crippen LogP contribution < -0.4 is 5.56 Å². The molecule has 6 nitrogen and oxygen atoms in total. The summed E-state index contributed by atoms with van der Waals surface area (Å²) in [6, 6.07) is 8.67. The minimum atomic E-state index is -0.235. The molecule has 2 aromatic heterocycles. The van der Waals surface area contributed by atoms with Crippen molar-refractivity contribution < 1.29 is 9.59 Å². The van der Waals surface area contributed by atoms with Crippen molar-refractivity contribution >= 4 is 45.1 Å². The van der Waals surface area contributed by atoms with Crippen LogP contribution in [0.2, 0.25) is 0 Å². The number of carbonyl (C=O) groups is 2. The Bertz CT molecular complexity index is 1050. The first-order valence-corrected chi connectivity index (χ1v) is 9.96. The summed E-state index contributed by atoms with van der Waals surface area (Å²) in [7, 11) is 1.71. The van der Waals surface area contributed by atoms with Gasteiger partial charge in [-0.25, -0.2) is 4.98 Å². The molecule has 0 spiro atoms. The maximum absolute atomic E-state index is 12.3. The number of imide groups is 1. The Balaban J connectivity index is 1.41. The van der Waals surface area contributed by atoms with Crippen LogP contribution in [0.4, 0.5) is 0 Å². The number of thioether (sulfide) groups is 1. The van der Waals surface area contributed by atoms with E-state index in [2.05, 4.69) is 4.98 Å². The second kappa shape index (κ2) is 6.69. The molecule has 3 aromatic rings. The number of fused-ring (bicyclic) bond motifs is 2. The van der Waals surface area contributed by atoms with E-state index in [1.54, 1.807) is 41.9 Å². The zero-order valence-electron chi connectivity index (χ0n) is 14.0. The van der Waals surface area contributed by atoms with Gasteiger partial charge >= 0.3 is 0 Å². The monoisotopic (exact) mass is 385 g/mol. The van der Waals surface area contributed by atoms with E-state index in [4.69, 9.17) is 0 Å². The highest BCUT2D eigenvalue weighted by Crippen LogP contribution is 2.24. The molecule has 0 atom stereocenters. The molecule has 4 rings (SSSR count). The SMILES string of the molecule is Cn1c(SCCCN2C(=O)c3ccccc3C2=O)nc2sccc2c1=O. The Kier molecular flexibility index (Phi) is 4.37. The number of hydrogen-bond donors (Lipinski definition) is 0. The van der Waals surface area contributed by atoms with Gasteiger partial charge in [-0.05, 0) is 30.0 Å². The maximum Gasteiger partial charge on any atom is 0.262 e. The van der Waals surface area contributed by atoms with Crippen LogP contribution in [-0.2, 0) is 7.05 Å². The molecule has 0 fully saturated rings. The number of rotatable bonds is 5. The second-order valence-corrected chi connectivity index (χ2v) is 7.86. The van der Waals surface area contributed by atoms with E-state index in [0.717, 1.165) is 4.83 Å². The summed E-state index contributed by atoms with van der Waals surface area (Å²) in [6.45, 7) is 0.356. The first-order valence-electron chi connectivity index (χ1n) is 8.10. The fourth-order valence-electron chi connectivity index (χ4n) is 2.94. The third-order valence-electron chi connectivity index (χ3n) is 4.30. The number of nitrogens with zero attached hydrogens (tertiary/aromatic N) is 3. The minimum absolute atomic E-state index is 0.0564. The van der Waals surface area contributed by atoms with Gasteiger partial charge in [-0.2, -0.15) is 0 Å². The van der Waals surface area contributed by atoms with E-state index in [0.29, 0.717) is 40.4 Å². The van der Waals surface area contributed by atoms with Crippen LogP contribution in [0.1, 0.15) is 27.1 Å². The van der Waals surface area contributed by atoms with Crippen LogP contribution in [0.15, 0.2) is 45.7 Å². The number of amides is 2. The highest BCUT2D eigenvalue weighted by molar-refractivity contribution is 7.99. The minimum Gasteiger partial charge on any atom is -0.290 e. The van der Waals surface area contributed by atoms with Gasteiger partial charge in [0.25, 0.3) is 17.4 Å². The number of carbonyl (C=O) groups excluding carboxylic acids is 2. The van der Waals surface area contributed by atoms with E-state index in [1.165, 1.54) is 28.0 Å². The lowest BCUT2D eigenvalue weighted by Crippen LogP contribution is -2.31. The lowest BCUT2D eigenvalue weighted by Gasteiger charge is -2.13. The second-order valence-electron chi connectivity index (χ2n) is 5.91. The molecule has 0 saturated heterocycles. The summed E-state index contributed by atoms with van der Waals surface area (Å²) in [4.78, 5) is 43.5. The molecule has 132 valence electrons. The first-order chi connectivity index (χ1) is 12.6. The molecule has 1 aromatic carbocycles. The number of thiophene rings is 1. The highest BCUT2D eigenvalue weighted by atomic mass is 32.2. The molecule has 1 aliphatic heterocycles. The van der Waals surface area contributed by atoms with Gasteiger partial charge in [0.15, 0.2) is 5.16 Å². The molecule has 0 aliphatic carbocycles. The molecule has 0 saturated carbocycles. The summed E-state index contributed by atoms with van der Waals surface area (Å²) in [6.07, 6.45) is 0.633. The van der Waals surface area contributed by atoms with Gasteiger partial charge in [-0.1, -0.05) is 23.9 Å². The molecule has 0 radical (unpaired) electrons. The van der Waals surface area contributed by atoms with Crippen molar-refractivity contribution in [3.05, 3.63) is 57.2 Å². The molecule has 0 unspecified atom stereocenters. The fourth-order valence-corrected chi connectivity index (χ4v) is 4.64. The lowest BCUT2D eigenvalue weighted by molar-refractivity contribution is 0.0655. The lowest BCUT2D eigenvalue weighted by atomic mass is 10.1. The van der Waals surface area contributed by atoms with Crippen molar-refractivity contribution in [3.63, 3.8) is 0 Å². The van der Waals surface area contributed by atoms with Gasteiger partial charge in [-0.15, -0.1) is 11.3 Å². The van der Waals surface area contributed by atoms with Crippen LogP contribution in [-0.4, -0.2) is 38.6 Å². The van der Waals surface area contributed by atoms with Crippen LogP contribution in [0.25, 0.3) is 10.2 Å². The van der Waals surface area contributed by atoms with Crippen LogP contribution in [0, 0.1) is 0 Å². The van der Waals surface area contributed by atoms with Crippen molar-refractivity contribution in [2.75, 3.05) is 12.3 Å². The largest absolute Gasteiger partial charge is 0.290 e. The average molecular weight is 385 g/mol. The standard InChI is InChI=1S/C18H15N3O3S2/c1-20-15(22)13-7-10-25-14(13)19-18(20)26-9-4-8-21-16(23)11-5-2-3-6-12(11)17(21)24/h2-3,5-7,10H,4,8-9H2,1H3. The van der Waals surface area contributed by atoms with Gasteiger partial charge in [0, 0.05) is 19.3 Å². The third kappa shape index (κ3) is 2.75. The van der Waals surface area contributed by atoms with E-state index >= 15 is 0 Å². The Labute approximate surface area is 157 Å². The highest BCUT2D eigenvalue weighted by Gasteiger charge is 2.34. The summed E-state index contributed by atoms with van der Waals surface area (Å²) in [5.74, 6) is 0.187. The smallest absolute Gasteiger partial charge is 0.262 e. The van der Waals surface area contributed by atoms with E-state index in [9.17, 15) is 14.4 Å². The van der Waals surface area contributed by atoms with Crippen molar-refractivity contribution in [2.24, 2.45) is 7.05 Å². The van der Waals surface area contributed by atoms with Crippen LogP contribution in [0.5, 0.6) is 0 Å². The summed E-state index contributed by atoms with van der Waals surface area (Å²) < 4.78 is 1.54. The quantitative estimate of drug-likeness (QED) is 0.292. The molecular weight excluding hydrogens is 370 g/mol. The number of aromatic nitrogens is 2. The van der Waals surface area contributed by atoms with E-state index in [1.807, 2.05) is 5.38 Å². The van der Waals surface area contributed by atoms with Gasteiger partial charge in [-0.3, -0.25) is 23.9 Å². The van der Waals surface area contributed by atoms with Crippen LogP contribution >= 0.6 is 23.1 Å². The molecule has 3 heterocycles. The molecular formula is C18H15N3O3S2. The Morgan fingerprint density at radius 1 is 1.08 bits per heavy atom. The molecule has 26 heavy (non-hydrogen) atoms. The molecule has 0 bridgehead atoms. The van der Waals surface area contributed by atoms with Crippen molar-refractivity contribution in [3.8, 4) is 0 Å². The normalized spacial score (nSPS) is 13.7. The predicted molar refractivity (Wildman–Crippen MR) is 102 cm³/mol. The maximum atomic E-state index is 12.3. The van der Waals surface area contributed by atoms with Gasteiger partial charge in [0.1, 0.15) is 4.83 Å². The molecule has 1 aliphatic rings. The Hall–Kier alpha value is -2.45. The van der Waals surface area contributed by atoms with E-state index < -0.39 is 0 Å². The Morgan fingerprint density at radius 3 is 2.46 bits per heavy atom. The average Bonchev–Trinajstić information content (AvgIpc) is 3.21. The summed E-state index contributed by atoms with van der Waals surface area (Å²) in [5, 5.41) is 3.13. The van der Waals surface area contributed by atoms with Gasteiger partial charge in [0.2, 0.25) is 0 Å². The zero-order chi connectivity index (χ0) is 18.3. The molecule has 0 N–H and O–H groups in total.